The van der Waals surface area contributed by atoms with Crippen LogP contribution in [0.1, 0.15) is 38.0 Å². The SMILES string of the molecule is CCC(=O)N(c1ccccc1)C1(COC)CCN(CCc2cccs2)CC1.CCS(=O)(=O)O. The predicted octanol–water partition coefficient (Wildman–Crippen LogP) is 4.11. The van der Waals surface area contributed by atoms with Crippen molar-refractivity contribution in [2.75, 3.05) is 44.0 Å². The first-order chi connectivity index (χ1) is 15.7. The third kappa shape index (κ3) is 8.50. The minimum Gasteiger partial charge on any atom is -0.382 e. The molecule has 184 valence electrons. The van der Waals surface area contributed by atoms with E-state index in [1.54, 1.807) is 7.11 Å². The van der Waals surface area contributed by atoms with Crippen molar-refractivity contribution in [3.63, 3.8) is 0 Å². The van der Waals surface area contributed by atoms with E-state index in [-0.39, 0.29) is 17.2 Å². The van der Waals surface area contributed by atoms with Crippen molar-refractivity contribution in [1.29, 1.82) is 0 Å². The van der Waals surface area contributed by atoms with Gasteiger partial charge in [-0.15, -0.1) is 11.3 Å². The molecule has 0 atom stereocenters. The molecule has 1 aliphatic heterocycles. The number of piperidine rings is 1. The number of likely N-dealkylation sites (tertiary alicyclic amines) is 1. The lowest BCUT2D eigenvalue weighted by Gasteiger charge is -2.48. The summed E-state index contributed by atoms with van der Waals surface area (Å²) in [6.07, 6.45) is 3.48. The number of hydrogen-bond donors (Lipinski definition) is 1. The molecular weight excluding hydrogens is 460 g/mol. The molecule has 2 heterocycles. The summed E-state index contributed by atoms with van der Waals surface area (Å²) < 4.78 is 32.5. The third-order valence-electron chi connectivity index (χ3n) is 5.86. The molecule has 0 aliphatic carbocycles. The number of carbonyl (C=O) groups is 1. The van der Waals surface area contributed by atoms with E-state index in [9.17, 15) is 13.2 Å². The van der Waals surface area contributed by atoms with E-state index < -0.39 is 10.1 Å². The van der Waals surface area contributed by atoms with Gasteiger partial charge in [-0.1, -0.05) is 31.2 Å². The molecule has 1 N–H and O–H groups in total. The first-order valence-electron chi connectivity index (χ1n) is 11.3. The maximum absolute atomic E-state index is 12.9. The molecule has 3 rings (SSSR count). The van der Waals surface area contributed by atoms with Crippen LogP contribution in [0.5, 0.6) is 0 Å². The summed E-state index contributed by atoms with van der Waals surface area (Å²) in [5, 5.41) is 2.14. The third-order valence-corrected chi connectivity index (χ3v) is 7.53. The topological polar surface area (TPSA) is 87.2 Å². The predicted molar refractivity (Wildman–Crippen MR) is 135 cm³/mol. The molecule has 7 nitrogen and oxygen atoms in total. The Kier molecular flexibility index (Phi) is 11.0. The number of carbonyl (C=O) groups excluding carboxylic acids is 1. The van der Waals surface area contributed by atoms with Gasteiger partial charge in [-0.05, 0) is 49.8 Å². The standard InChI is InChI=1S/C22H30N2O2S.C2H6O3S/c1-3-21(25)24(19-8-5-4-6-9-19)22(18-26-2)12-15-23(16-13-22)14-11-20-10-7-17-27-20;1-2-6(3,4)5/h4-10,17H,3,11-16,18H2,1-2H3;2H2,1H3,(H,3,4,5). The smallest absolute Gasteiger partial charge is 0.264 e. The molecule has 1 amide bonds. The molecule has 2 aromatic rings. The number of amides is 1. The fourth-order valence-corrected chi connectivity index (χ4v) is 4.73. The maximum atomic E-state index is 12.9. The molecule has 0 unspecified atom stereocenters. The van der Waals surface area contributed by atoms with Crippen LogP contribution in [0.2, 0.25) is 0 Å². The Hall–Kier alpha value is -1.78. The number of hydrogen-bond acceptors (Lipinski definition) is 6. The number of benzene rings is 1. The Labute approximate surface area is 202 Å². The number of para-hydroxylation sites is 1. The molecule has 1 fully saturated rings. The van der Waals surface area contributed by atoms with Crippen LogP contribution in [0.4, 0.5) is 5.69 Å². The monoisotopic (exact) mass is 496 g/mol. The van der Waals surface area contributed by atoms with Crippen molar-refractivity contribution in [2.24, 2.45) is 0 Å². The van der Waals surface area contributed by atoms with E-state index in [0.29, 0.717) is 13.0 Å². The molecule has 1 saturated heterocycles. The highest BCUT2D eigenvalue weighted by atomic mass is 32.2. The van der Waals surface area contributed by atoms with Crippen molar-refractivity contribution in [1.82, 2.24) is 4.90 Å². The van der Waals surface area contributed by atoms with Crippen LogP contribution in [-0.2, 0) is 26.1 Å². The van der Waals surface area contributed by atoms with Gasteiger partial charge in [0.25, 0.3) is 10.1 Å². The minimum atomic E-state index is -3.66. The van der Waals surface area contributed by atoms with E-state index in [0.717, 1.165) is 44.6 Å². The second-order valence-corrected chi connectivity index (χ2v) is 10.9. The summed E-state index contributed by atoms with van der Waals surface area (Å²) in [5.41, 5.74) is 0.719. The van der Waals surface area contributed by atoms with Gasteiger partial charge in [0.05, 0.1) is 17.9 Å². The molecule has 9 heteroatoms. The van der Waals surface area contributed by atoms with E-state index in [2.05, 4.69) is 22.4 Å². The number of ether oxygens (including phenoxy) is 1. The Morgan fingerprint density at radius 3 is 2.27 bits per heavy atom. The van der Waals surface area contributed by atoms with Crippen molar-refractivity contribution in [2.45, 2.75) is 45.1 Å². The molecule has 0 radical (unpaired) electrons. The quantitative estimate of drug-likeness (QED) is 0.526. The lowest BCUT2D eigenvalue weighted by atomic mass is 9.85. The minimum absolute atomic E-state index is 0.172. The molecule has 1 aromatic heterocycles. The first kappa shape index (κ1) is 27.5. The van der Waals surface area contributed by atoms with Gasteiger partial charge in [0, 0.05) is 43.7 Å². The van der Waals surface area contributed by atoms with Crippen LogP contribution in [0, 0.1) is 0 Å². The molecular formula is C24H36N2O5S2. The highest BCUT2D eigenvalue weighted by Gasteiger charge is 2.42. The van der Waals surface area contributed by atoms with E-state index >= 15 is 0 Å². The average molecular weight is 497 g/mol. The van der Waals surface area contributed by atoms with Crippen LogP contribution in [0.3, 0.4) is 0 Å². The van der Waals surface area contributed by atoms with Crippen molar-refractivity contribution in [3.8, 4) is 0 Å². The van der Waals surface area contributed by atoms with Crippen LogP contribution >= 0.6 is 11.3 Å². The number of nitrogens with zero attached hydrogens (tertiary/aromatic N) is 2. The van der Waals surface area contributed by atoms with Gasteiger partial charge >= 0.3 is 0 Å². The maximum Gasteiger partial charge on any atom is 0.264 e. The van der Waals surface area contributed by atoms with Crippen molar-refractivity contribution in [3.05, 3.63) is 52.7 Å². The van der Waals surface area contributed by atoms with E-state index in [1.165, 1.54) is 11.8 Å². The van der Waals surface area contributed by atoms with Crippen molar-refractivity contribution >= 4 is 33.0 Å². The molecule has 1 aromatic carbocycles. The average Bonchev–Trinajstić information content (AvgIpc) is 3.33. The van der Waals surface area contributed by atoms with Gasteiger partial charge < -0.3 is 14.5 Å². The molecule has 1 aliphatic rings. The molecule has 0 saturated carbocycles. The summed E-state index contributed by atoms with van der Waals surface area (Å²) in [6, 6.07) is 14.4. The highest BCUT2D eigenvalue weighted by molar-refractivity contribution is 7.85. The fourth-order valence-electron chi connectivity index (χ4n) is 4.03. The molecule has 33 heavy (non-hydrogen) atoms. The Balaban J connectivity index is 0.000000569. The van der Waals surface area contributed by atoms with Crippen LogP contribution in [0.25, 0.3) is 0 Å². The van der Waals surface area contributed by atoms with Gasteiger partial charge in [0.2, 0.25) is 5.91 Å². The largest absolute Gasteiger partial charge is 0.382 e. The Morgan fingerprint density at radius 2 is 1.79 bits per heavy atom. The summed E-state index contributed by atoms with van der Waals surface area (Å²) in [7, 11) is -1.92. The molecule has 0 spiro atoms. The van der Waals surface area contributed by atoms with Gasteiger partial charge in [-0.25, -0.2) is 0 Å². The summed E-state index contributed by atoms with van der Waals surface area (Å²) >= 11 is 1.83. The van der Waals surface area contributed by atoms with Crippen LogP contribution in [0.15, 0.2) is 47.8 Å². The first-order valence-corrected chi connectivity index (χ1v) is 13.8. The fraction of sp³-hybridized carbons (Fsp3) is 0.542. The number of thiophene rings is 1. The lowest BCUT2D eigenvalue weighted by Crippen LogP contribution is -2.60. The summed E-state index contributed by atoms with van der Waals surface area (Å²) in [6.45, 7) is 6.96. The lowest BCUT2D eigenvalue weighted by molar-refractivity contribution is -0.120. The Bertz CT molecular complexity index is 925. The number of methoxy groups -OCH3 is 1. The van der Waals surface area contributed by atoms with Crippen molar-refractivity contribution < 1.29 is 22.5 Å². The molecule has 0 bridgehead atoms. The highest BCUT2D eigenvalue weighted by Crippen LogP contribution is 2.34. The zero-order chi connectivity index (χ0) is 24.3. The normalized spacial score (nSPS) is 16.0. The number of rotatable bonds is 9. The Morgan fingerprint density at radius 1 is 1.15 bits per heavy atom. The summed E-state index contributed by atoms with van der Waals surface area (Å²) in [4.78, 5) is 18.9. The van der Waals surface area contributed by atoms with Gasteiger partial charge in [-0.2, -0.15) is 8.42 Å². The second-order valence-electron chi connectivity index (χ2n) is 8.12. The second kappa shape index (κ2) is 13.2. The van der Waals surface area contributed by atoms with Gasteiger partial charge in [0.1, 0.15) is 0 Å². The van der Waals surface area contributed by atoms with Gasteiger partial charge in [-0.3, -0.25) is 9.35 Å². The van der Waals surface area contributed by atoms with Crippen LogP contribution in [-0.4, -0.2) is 68.4 Å². The van der Waals surface area contributed by atoms with E-state index in [4.69, 9.17) is 9.29 Å². The summed E-state index contributed by atoms with van der Waals surface area (Å²) in [5.74, 6) is -0.0298. The zero-order valence-corrected chi connectivity index (χ0v) is 21.4. The van der Waals surface area contributed by atoms with Crippen LogP contribution < -0.4 is 4.90 Å². The number of anilines is 1. The van der Waals surface area contributed by atoms with E-state index in [1.807, 2.05) is 53.5 Å². The zero-order valence-electron chi connectivity index (χ0n) is 19.8. The van der Waals surface area contributed by atoms with Gasteiger partial charge in [0.15, 0.2) is 0 Å².